The Balaban J connectivity index is 2.73. The molecule has 0 heterocycles. The van der Waals surface area contributed by atoms with E-state index < -0.39 is 6.10 Å². The van der Waals surface area contributed by atoms with E-state index in [1.807, 2.05) is 0 Å². The Hall–Kier alpha value is -0.580. The first-order valence-corrected chi connectivity index (χ1v) is 5.50. The molecule has 1 unspecified atom stereocenters. The Labute approximate surface area is 102 Å². The lowest BCUT2D eigenvalue weighted by Crippen LogP contribution is -2.26. The van der Waals surface area contributed by atoms with E-state index in [-0.39, 0.29) is 5.91 Å². The first-order valence-electron chi connectivity index (χ1n) is 4.33. The SMILES string of the molecule is COC(C)C(=O)Nc1ccc(Cl)c(Br)c1. The van der Waals surface area contributed by atoms with Crippen molar-refractivity contribution in [1.29, 1.82) is 0 Å². The molecule has 15 heavy (non-hydrogen) atoms. The normalized spacial score (nSPS) is 12.3. The van der Waals surface area contributed by atoms with E-state index in [2.05, 4.69) is 21.2 Å². The average Bonchev–Trinajstić information content (AvgIpc) is 2.22. The molecule has 1 atom stereocenters. The van der Waals surface area contributed by atoms with Crippen LogP contribution in [0.3, 0.4) is 0 Å². The summed E-state index contributed by atoms with van der Waals surface area (Å²) in [5.74, 6) is -0.188. The second-order valence-corrected chi connectivity index (χ2v) is 4.26. The van der Waals surface area contributed by atoms with Gasteiger partial charge in [-0.2, -0.15) is 0 Å². The van der Waals surface area contributed by atoms with Crippen LogP contribution in [-0.2, 0) is 9.53 Å². The van der Waals surface area contributed by atoms with Crippen molar-refractivity contribution in [3.63, 3.8) is 0 Å². The van der Waals surface area contributed by atoms with Crippen molar-refractivity contribution < 1.29 is 9.53 Å². The van der Waals surface area contributed by atoms with Gasteiger partial charge in [-0.15, -0.1) is 0 Å². The molecule has 1 rings (SSSR count). The highest BCUT2D eigenvalue weighted by Gasteiger charge is 2.11. The maximum atomic E-state index is 11.5. The van der Waals surface area contributed by atoms with Crippen LogP contribution in [0, 0.1) is 0 Å². The van der Waals surface area contributed by atoms with E-state index in [1.165, 1.54) is 7.11 Å². The third-order valence-electron chi connectivity index (χ3n) is 1.91. The van der Waals surface area contributed by atoms with Crippen LogP contribution in [0.15, 0.2) is 22.7 Å². The molecular weight excluding hydrogens is 281 g/mol. The number of benzene rings is 1. The average molecular weight is 293 g/mol. The fourth-order valence-corrected chi connectivity index (χ4v) is 1.42. The second kappa shape index (κ2) is 5.49. The third-order valence-corrected chi connectivity index (χ3v) is 3.12. The number of methoxy groups -OCH3 is 1. The summed E-state index contributed by atoms with van der Waals surface area (Å²) < 4.78 is 5.63. The molecule has 0 aliphatic rings. The van der Waals surface area contributed by atoms with E-state index in [0.717, 1.165) is 4.47 Å². The minimum Gasteiger partial charge on any atom is -0.372 e. The topological polar surface area (TPSA) is 38.3 Å². The number of carbonyl (C=O) groups excluding carboxylic acids is 1. The minimum atomic E-state index is -0.473. The number of rotatable bonds is 3. The lowest BCUT2D eigenvalue weighted by atomic mass is 10.3. The number of hydrogen-bond donors (Lipinski definition) is 1. The van der Waals surface area contributed by atoms with Gasteiger partial charge in [0.25, 0.3) is 5.91 Å². The Kier molecular flexibility index (Phi) is 4.57. The highest BCUT2D eigenvalue weighted by molar-refractivity contribution is 9.10. The number of amides is 1. The van der Waals surface area contributed by atoms with Gasteiger partial charge in [-0.3, -0.25) is 4.79 Å². The standard InChI is InChI=1S/C10H11BrClNO2/c1-6(15-2)10(14)13-7-3-4-9(12)8(11)5-7/h3-6H,1-2H3,(H,13,14). The smallest absolute Gasteiger partial charge is 0.253 e. The number of hydrogen-bond acceptors (Lipinski definition) is 2. The van der Waals surface area contributed by atoms with Gasteiger partial charge in [0.05, 0.1) is 5.02 Å². The highest BCUT2D eigenvalue weighted by Crippen LogP contribution is 2.25. The summed E-state index contributed by atoms with van der Waals surface area (Å²) >= 11 is 9.10. The van der Waals surface area contributed by atoms with Gasteiger partial charge < -0.3 is 10.1 Å². The van der Waals surface area contributed by atoms with Crippen LogP contribution in [0.25, 0.3) is 0 Å². The number of anilines is 1. The van der Waals surface area contributed by atoms with Crippen LogP contribution in [0.4, 0.5) is 5.69 Å². The molecule has 0 aliphatic heterocycles. The van der Waals surface area contributed by atoms with E-state index in [1.54, 1.807) is 25.1 Å². The zero-order valence-corrected chi connectivity index (χ0v) is 10.7. The molecule has 3 nitrogen and oxygen atoms in total. The van der Waals surface area contributed by atoms with Crippen molar-refractivity contribution >= 4 is 39.1 Å². The second-order valence-electron chi connectivity index (χ2n) is 3.00. The molecule has 0 radical (unpaired) electrons. The molecular formula is C10H11BrClNO2. The lowest BCUT2D eigenvalue weighted by Gasteiger charge is -2.10. The van der Waals surface area contributed by atoms with Gasteiger partial charge in [-0.05, 0) is 41.1 Å². The summed E-state index contributed by atoms with van der Waals surface area (Å²) in [7, 11) is 1.49. The Morgan fingerprint density at radius 2 is 2.27 bits per heavy atom. The number of halogens is 2. The number of ether oxygens (including phenoxy) is 1. The summed E-state index contributed by atoms with van der Waals surface area (Å²) in [5, 5.41) is 3.31. The fraction of sp³-hybridized carbons (Fsp3) is 0.300. The summed E-state index contributed by atoms with van der Waals surface area (Å²) in [4.78, 5) is 11.5. The van der Waals surface area contributed by atoms with Gasteiger partial charge in [0.2, 0.25) is 0 Å². The maximum Gasteiger partial charge on any atom is 0.253 e. The van der Waals surface area contributed by atoms with Gasteiger partial charge >= 0.3 is 0 Å². The van der Waals surface area contributed by atoms with Crippen molar-refractivity contribution in [2.45, 2.75) is 13.0 Å². The van der Waals surface area contributed by atoms with Crippen LogP contribution in [0.5, 0.6) is 0 Å². The molecule has 1 aromatic rings. The maximum absolute atomic E-state index is 11.5. The van der Waals surface area contributed by atoms with Gasteiger partial charge in [0.15, 0.2) is 0 Å². The molecule has 0 bridgehead atoms. The molecule has 0 spiro atoms. The summed E-state index contributed by atoms with van der Waals surface area (Å²) in [5.41, 5.74) is 0.681. The third kappa shape index (κ3) is 3.48. The molecule has 1 amide bonds. The van der Waals surface area contributed by atoms with E-state index >= 15 is 0 Å². The summed E-state index contributed by atoms with van der Waals surface area (Å²) in [6.45, 7) is 1.68. The van der Waals surface area contributed by atoms with Gasteiger partial charge in [0, 0.05) is 17.3 Å². The van der Waals surface area contributed by atoms with Gasteiger partial charge in [-0.1, -0.05) is 11.6 Å². The van der Waals surface area contributed by atoms with E-state index in [0.29, 0.717) is 10.7 Å². The Bertz CT molecular complexity index is 370. The molecule has 5 heteroatoms. The van der Waals surface area contributed by atoms with Crippen molar-refractivity contribution in [2.24, 2.45) is 0 Å². The first-order chi connectivity index (χ1) is 7.04. The van der Waals surface area contributed by atoms with Crippen LogP contribution < -0.4 is 5.32 Å². The largest absolute Gasteiger partial charge is 0.372 e. The lowest BCUT2D eigenvalue weighted by molar-refractivity contribution is -0.124. The zero-order valence-electron chi connectivity index (χ0n) is 8.38. The van der Waals surface area contributed by atoms with E-state index in [4.69, 9.17) is 16.3 Å². The molecule has 0 aliphatic carbocycles. The van der Waals surface area contributed by atoms with Crippen LogP contribution in [0.2, 0.25) is 5.02 Å². The molecule has 1 aromatic carbocycles. The molecule has 1 N–H and O–H groups in total. The monoisotopic (exact) mass is 291 g/mol. The zero-order chi connectivity index (χ0) is 11.4. The quantitative estimate of drug-likeness (QED) is 0.930. The molecule has 0 fully saturated rings. The predicted molar refractivity (Wildman–Crippen MR) is 64.3 cm³/mol. The minimum absolute atomic E-state index is 0.188. The van der Waals surface area contributed by atoms with Crippen molar-refractivity contribution in [2.75, 3.05) is 12.4 Å². The Morgan fingerprint density at radius 3 is 2.80 bits per heavy atom. The van der Waals surface area contributed by atoms with Crippen molar-refractivity contribution in [3.05, 3.63) is 27.7 Å². The molecule has 82 valence electrons. The number of nitrogens with one attached hydrogen (secondary N) is 1. The van der Waals surface area contributed by atoms with Crippen LogP contribution in [-0.4, -0.2) is 19.1 Å². The van der Waals surface area contributed by atoms with Crippen molar-refractivity contribution in [1.82, 2.24) is 0 Å². The van der Waals surface area contributed by atoms with Crippen LogP contribution >= 0.6 is 27.5 Å². The van der Waals surface area contributed by atoms with Gasteiger partial charge in [-0.25, -0.2) is 0 Å². The van der Waals surface area contributed by atoms with Crippen molar-refractivity contribution in [3.8, 4) is 0 Å². The first kappa shape index (κ1) is 12.5. The highest BCUT2D eigenvalue weighted by atomic mass is 79.9. The molecule has 0 saturated heterocycles. The van der Waals surface area contributed by atoms with Crippen LogP contribution in [0.1, 0.15) is 6.92 Å². The molecule has 0 saturated carbocycles. The fourth-order valence-electron chi connectivity index (χ4n) is 0.925. The predicted octanol–water partition coefficient (Wildman–Crippen LogP) is 3.08. The van der Waals surface area contributed by atoms with Gasteiger partial charge in [0.1, 0.15) is 6.10 Å². The molecule has 0 aromatic heterocycles. The number of carbonyl (C=O) groups is 1. The van der Waals surface area contributed by atoms with E-state index in [9.17, 15) is 4.79 Å². The summed E-state index contributed by atoms with van der Waals surface area (Å²) in [6.07, 6.45) is -0.473. The Morgan fingerprint density at radius 1 is 1.60 bits per heavy atom. The summed E-state index contributed by atoms with van der Waals surface area (Å²) in [6, 6.07) is 5.18.